The Morgan fingerprint density at radius 1 is 1.39 bits per heavy atom. The number of methoxy groups -OCH3 is 1. The van der Waals surface area contributed by atoms with E-state index in [-0.39, 0.29) is 5.91 Å². The van der Waals surface area contributed by atoms with Crippen LogP contribution in [0.25, 0.3) is 0 Å². The number of benzene rings is 1. The maximum absolute atomic E-state index is 10.9. The maximum Gasteiger partial charge on any atom is 0.243 e. The molecular weight excluding hydrogens is 230 g/mol. The third-order valence-corrected chi connectivity index (χ3v) is 2.37. The van der Waals surface area contributed by atoms with Crippen LogP contribution in [0.1, 0.15) is 12.8 Å². The highest BCUT2D eigenvalue weighted by Gasteiger charge is 1.97. The molecule has 1 aromatic carbocycles. The van der Waals surface area contributed by atoms with Gasteiger partial charge in [0.05, 0.1) is 13.7 Å². The molecule has 18 heavy (non-hydrogen) atoms. The molecule has 4 nitrogen and oxygen atoms in total. The fraction of sp³-hybridized carbons (Fsp3) is 0.357. The Labute approximate surface area is 108 Å². The van der Waals surface area contributed by atoms with E-state index in [0.29, 0.717) is 13.2 Å². The van der Waals surface area contributed by atoms with E-state index in [1.54, 1.807) is 7.11 Å². The number of hydrogen-bond acceptors (Lipinski definition) is 3. The zero-order chi connectivity index (χ0) is 13.2. The van der Waals surface area contributed by atoms with Gasteiger partial charge >= 0.3 is 0 Å². The summed E-state index contributed by atoms with van der Waals surface area (Å²) in [5, 5.41) is 2.72. The van der Waals surface area contributed by atoms with Crippen LogP contribution in [-0.2, 0) is 4.79 Å². The zero-order valence-electron chi connectivity index (χ0n) is 10.6. The zero-order valence-corrected chi connectivity index (χ0v) is 10.6. The highest BCUT2D eigenvalue weighted by molar-refractivity contribution is 5.86. The molecule has 0 saturated carbocycles. The van der Waals surface area contributed by atoms with Crippen molar-refractivity contribution in [1.29, 1.82) is 0 Å². The van der Waals surface area contributed by atoms with Gasteiger partial charge in [-0.2, -0.15) is 0 Å². The minimum Gasteiger partial charge on any atom is -0.497 e. The fourth-order valence-corrected chi connectivity index (χ4v) is 1.39. The van der Waals surface area contributed by atoms with Gasteiger partial charge in [0.25, 0.3) is 0 Å². The molecule has 0 aliphatic rings. The molecule has 1 aromatic rings. The molecular formula is C14H19NO3. The second-order valence-electron chi connectivity index (χ2n) is 3.73. The standard InChI is InChI=1S/C14H19NO3/c1-3-14(16)15-9-4-5-10-18-13-8-6-7-12(11-13)17-2/h3,6-8,11H,1,4-5,9-10H2,2H3,(H,15,16). The van der Waals surface area contributed by atoms with Gasteiger partial charge < -0.3 is 14.8 Å². The highest BCUT2D eigenvalue weighted by atomic mass is 16.5. The van der Waals surface area contributed by atoms with Crippen molar-refractivity contribution in [2.45, 2.75) is 12.8 Å². The van der Waals surface area contributed by atoms with Gasteiger partial charge in [-0.05, 0) is 31.1 Å². The molecule has 0 unspecified atom stereocenters. The van der Waals surface area contributed by atoms with Crippen molar-refractivity contribution in [3.05, 3.63) is 36.9 Å². The van der Waals surface area contributed by atoms with Gasteiger partial charge in [0.2, 0.25) is 5.91 Å². The van der Waals surface area contributed by atoms with Gasteiger partial charge in [0.1, 0.15) is 11.5 Å². The molecule has 0 aliphatic carbocycles. The molecule has 1 N–H and O–H groups in total. The molecule has 1 amide bonds. The van der Waals surface area contributed by atoms with E-state index in [9.17, 15) is 4.79 Å². The van der Waals surface area contributed by atoms with Gasteiger partial charge in [-0.25, -0.2) is 0 Å². The molecule has 1 rings (SSSR count). The van der Waals surface area contributed by atoms with Crippen molar-refractivity contribution < 1.29 is 14.3 Å². The molecule has 4 heteroatoms. The Bertz CT molecular complexity index is 390. The number of carbonyl (C=O) groups is 1. The van der Waals surface area contributed by atoms with E-state index in [1.807, 2.05) is 24.3 Å². The van der Waals surface area contributed by atoms with Crippen LogP contribution in [0, 0.1) is 0 Å². The Morgan fingerprint density at radius 2 is 2.17 bits per heavy atom. The molecule has 0 heterocycles. The minimum absolute atomic E-state index is 0.135. The maximum atomic E-state index is 10.9. The van der Waals surface area contributed by atoms with E-state index in [1.165, 1.54) is 6.08 Å². The van der Waals surface area contributed by atoms with Crippen molar-refractivity contribution in [1.82, 2.24) is 5.32 Å². The number of nitrogens with one attached hydrogen (secondary N) is 1. The lowest BCUT2D eigenvalue weighted by atomic mass is 10.3. The predicted molar refractivity (Wildman–Crippen MR) is 70.9 cm³/mol. The van der Waals surface area contributed by atoms with E-state index in [2.05, 4.69) is 11.9 Å². The first-order valence-corrected chi connectivity index (χ1v) is 5.93. The van der Waals surface area contributed by atoms with Crippen molar-refractivity contribution in [3.8, 4) is 11.5 Å². The number of amides is 1. The molecule has 0 saturated heterocycles. The van der Waals surface area contributed by atoms with E-state index in [4.69, 9.17) is 9.47 Å². The van der Waals surface area contributed by atoms with Gasteiger partial charge in [0, 0.05) is 12.6 Å². The second kappa shape index (κ2) is 8.17. The first kappa shape index (κ1) is 14.1. The van der Waals surface area contributed by atoms with Gasteiger partial charge in [-0.1, -0.05) is 12.6 Å². The predicted octanol–water partition coefficient (Wildman–Crippen LogP) is 2.16. The summed E-state index contributed by atoms with van der Waals surface area (Å²) in [5.41, 5.74) is 0. The van der Waals surface area contributed by atoms with Gasteiger partial charge in [-0.3, -0.25) is 4.79 Å². The van der Waals surface area contributed by atoms with Crippen LogP contribution < -0.4 is 14.8 Å². The highest BCUT2D eigenvalue weighted by Crippen LogP contribution is 2.18. The first-order valence-electron chi connectivity index (χ1n) is 5.93. The van der Waals surface area contributed by atoms with Gasteiger partial charge in [-0.15, -0.1) is 0 Å². The van der Waals surface area contributed by atoms with E-state index >= 15 is 0 Å². The summed E-state index contributed by atoms with van der Waals surface area (Å²) in [6.07, 6.45) is 3.03. The second-order valence-corrected chi connectivity index (χ2v) is 3.73. The lowest BCUT2D eigenvalue weighted by Crippen LogP contribution is -2.22. The normalized spacial score (nSPS) is 9.61. The Morgan fingerprint density at radius 3 is 2.89 bits per heavy atom. The minimum atomic E-state index is -0.135. The molecule has 0 spiro atoms. The molecule has 98 valence electrons. The monoisotopic (exact) mass is 249 g/mol. The van der Waals surface area contributed by atoms with Crippen molar-refractivity contribution >= 4 is 5.91 Å². The summed E-state index contributed by atoms with van der Waals surface area (Å²) in [5.74, 6) is 1.44. The summed E-state index contributed by atoms with van der Waals surface area (Å²) in [4.78, 5) is 10.9. The topological polar surface area (TPSA) is 47.6 Å². The number of carbonyl (C=O) groups excluding carboxylic acids is 1. The summed E-state index contributed by atoms with van der Waals surface area (Å²) in [6, 6.07) is 7.50. The van der Waals surface area contributed by atoms with Crippen LogP contribution in [0.15, 0.2) is 36.9 Å². The summed E-state index contributed by atoms with van der Waals surface area (Å²) >= 11 is 0. The molecule has 0 aliphatic heterocycles. The Hall–Kier alpha value is -1.97. The average molecular weight is 249 g/mol. The van der Waals surface area contributed by atoms with Crippen LogP contribution in [0.4, 0.5) is 0 Å². The van der Waals surface area contributed by atoms with Crippen LogP contribution in [0.3, 0.4) is 0 Å². The van der Waals surface area contributed by atoms with Crippen LogP contribution >= 0.6 is 0 Å². The molecule has 0 radical (unpaired) electrons. The molecule has 0 atom stereocenters. The number of unbranched alkanes of at least 4 members (excludes halogenated alkanes) is 1. The van der Waals surface area contributed by atoms with Crippen molar-refractivity contribution in [2.24, 2.45) is 0 Å². The Kier molecular flexibility index (Phi) is 6.40. The average Bonchev–Trinajstić information content (AvgIpc) is 2.42. The van der Waals surface area contributed by atoms with Crippen LogP contribution in [-0.4, -0.2) is 26.2 Å². The van der Waals surface area contributed by atoms with Crippen molar-refractivity contribution in [3.63, 3.8) is 0 Å². The smallest absolute Gasteiger partial charge is 0.243 e. The first-order chi connectivity index (χ1) is 8.76. The molecule has 0 bridgehead atoms. The summed E-state index contributed by atoms with van der Waals surface area (Å²) in [6.45, 7) is 4.65. The third-order valence-electron chi connectivity index (χ3n) is 2.37. The lowest BCUT2D eigenvalue weighted by molar-refractivity contribution is -0.116. The van der Waals surface area contributed by atoms with Crippen LogP contribution in [0.2, 0.25) is 0 Å². The Balaban J connectivity index is 2.13. The van der Waals surface area contributed by atoms with Gasteiger partial charge in [0.15, 0.2) is 0 Å². The van der Waals surface area contributed by atoms with E-state index < -0.39 is 0 Å². The molecule has 0 fully saturated rings. The largest absolute Gasteiger partial charge is 0.497 e. The fourth-order valence-electron chi connectivity index (χ4n) is 1.39. The number of hydrogen-bond donors (Lipinski definition) is 1. The number of rotatable bonds is 8. The lowest BCUT2D eigenvalue weighted by Gasteiger charge is -2.07. The summed E-state index contributed by atoms with van der Waals surface area (Å²) < 4.78 is 10.7. The SMILES string of the molecule is C=CC(=O)NCCCCOc1cccc(OC)c1. The number of ether oxygens (including phenoxy) is 2. The quantitative estimate of drug-likeness (QED) is 0.567. The molecule has 0 aromatic heterocycles. The third kappa shape index (κ3) is 5.39. The summed E-state index contributed by atoms with van der Waals surface area (Å²) in [7, 11) is 1.63. The van der Waals surface area contributed by atoms with E-state index in [0.717, 1.165) is 24.3 Å². The van der Waals surface area contributed by atoms with Crippen molar-refractivity contribution in [2.75, 3.05) is 20.3 Å². The van der Waals surface area contributed by atoms with Crippen LogP contribution in [0.5, 0.6) is 11.5 Å².